The highest BCUT2D eigenvalue weighted by atomic mass is 32.1. The van der Waals surface area contributed by atoms with Crippen molar-refractivity contribution < 1.29 is 14.1 Å². The molecule has 0 radical (unpaired) electrons. The van der Waals surface area contributed by atoms with Crippen molar-refractivity contribution >= 4 is 33.1 Å². The third kappa shape index (κ3) is 3.60. The Morgan fingerprint density at radius 2 is 1.96 bits per heavy atom. The van der Waals surface area contributed by atoms with Crippen molar-refractivity contribution in [3.05, 3.63) is 59.4 Å². The number of carbonyl (C=O) groups excluding carboxylic acids is 1. The van der Waals surface area contributed by atoms with Gasteiger partial charge in [0, 0.05) is 0 Å². The monoisotopic (exact) mass is 344 g/mol. The van der Waals surface area contributed by atoms with E-state index in [-0.39, 0.29) is 17.6 Å². The standard InChI is InChI=1S/C18H18FN3OS/c1-12(18(23)21-14-8-4-3-7-13(14)19)22(2)11-17-20-15-9-5-6-10-16(15)24-17/h3-10,12H,11H2,1-2H3,(H,21,23)/p+1/t12-/m0/s1. The summed E-state index contributed by atoms with van der Waals surface area (Å²) in [5.74, 6) is -0.638. The number of halogens is 1. The Bertz CT molecular complexity index is 831. The van der Waals surface area contributed by atoms with Gasteiger partial charge in [0.15, 0.2) is 6.04 Å². The van der Waals surface area contributed by atoms with Crippen LogP contribution in [-0.2, 0) is 11.3 Å². The molecule has 0 bridgehead atoms. The average molecular weight is 344 g/mol. The highest BCUT2D eigenvalue weighted by molar-refractivity contribution is 7.18. The van der Waals surface area contributed by atoms with Gasteiger partial charge in [0.05, 0.1) is 23.0 Å². The van der Waals surface area contributed by atoms with Crippen molar-refractivity contribution in [1.29, 1.82) is 0 Å². The molecule has 2 atom stereocenters. The molecule has 2 N–H and O–H groups in total. The summed E-state index contributed by atoms with van der Waals surface area (Å²) in [6.07, 6.45) is 0. The van der Waals surface area contributed by atoms with E-state index in [2.05, 4.69) is 10.3 Å². The number of likely N-dealkylation sites (N-methyl/N-ethyl adjacent to an activating group) is 1. The molecule has 2 aromatic carbocycles. The molecule has 124 valence electrons. The van der Waals surface area contributed by atoms with E-state index in [1.807, 2.05) is 38.2 Å². The van der Waals surface area contributed by atoms with E-state index in [1.54, 1.807) is 29.5 Å². The number of quaternary nitrogens is 1. The van der Waals surface area contributed by atoms with E-state index in [9.17, 15) is 9.18 Å². The van der Waals surface area contributed by atoms with Crippen LogP contribution in [0, 0.1) is 5.82 Å². The number of fused-ring (bicyclic) bond motifs is 1. The predicted octanol–water partition coefficient (Wildman–Crippen LogP) is 2.48. The second-order valence-corrected chi connectivity index (χ2v) is 6.90. The Morgan fingerprint density at radius 1 is 1.25 bits per heavy atom. The first-order chi connectivity index (χ1) is 11.5. The normalized spacial score (nSPS) is 13.6. The number of hydrogen-bond acceptors (Lipinski definition) is 3. The number of carbonyl (C=O) groups is 1. The zero-order valence-electron chi connectivity index (χ0n) is 13.5. The van der Waals surface area contributed by atoms with Crippen molar-refractivity contribution in [3.63, 3.8) is 0 Å². The molecule has 1 heterocycles. The molecule has 4 nitrogen and oxygen atoms in total. The zero-order valence-corrected chi connectivity index (χ0v) is 14.4. The van der Waals surface area contributed by atoms with Gasteiger partial charge in [-0.2, -0.15) is 0 Å². The summed E-state index contributed by atoms with van der Waals surface area (Å²) in [4.78, 5) is 18.0. The maximum atomic E-state index is 13.6. The minimum absolute atomic E-state index is 0.210. The van der Waals surface area contributed by atoms with Crippen molar-refractivity contribution in [2.24, 2.45) is 0 Å². The minimum Gasteiger partial charge on any atom is -0.322 e. The first kappa shape index (κ1) is 16.5. The first-order valence-corrected chi connectivity index (χ1v) is 8.58. The van der Waals surface area contributed by atoms with Gasteiger partial charge in [0.25, 0.3) is 5.91 Å². The van der Waals surface area contributed by atoms with Gasteiger partial charge in [-0.25, -0.2) is 9.37 Å². The lowest BCUT2D eigenvalue weighted by Gasteiger charge is -2.20. The second kappa shape index (κ2) is 7.07. The van der Waals surface area contributed by atoms with Gasteiger partial charge in [0.1, 0.15) is 17.4 Å². The summed E-state index contributed by atoms with van der Waals surface area (Å²) in [5.41, 5.74) is 1.19. The average Bonchev–Trinajstić information content (AvgIpc) is 2.98. The predicted molar refractivity (Wildman–Crippen MR) is 94.7 cm³/mol. The minimum atomic E-state index is -0.429. The number of nitrogens with one attached hydrogen (secondary N) is 2. The largest absolute Gasteiger partial charge is 0.322 e. The molecule has 1 aromatic heterocycles. The molecule has 1 unspecified atom stereocenters. The van der Waals surface area contributed by atoms with Gasteiger partial charge >= 0.3 is 0 Å². The molecule has 3 aromatic rings. The van der Waals surface area contributed by atoms with E-state index in [1.165, 1.54) is 6.07 Å². The Hall–Kier alpha value is -2.31. The van der Waals surface area contributed by atoms with E-state index < -0.39 is 5.82 Å². The Kier molecular flexibility index (Phi) is 4.87. The lowest BCUT2D eigenvalue weighted by molar-refractivity contribution is -0.907. The summed E-state index contributed by atoms with van der Waals surface area (Å²) in [6, 6.07) is 13.8. The van der Waals surface area contributed by atoms with Crippen LogP contribution in [-0.4, -0.2) is 24.0 Å². The number of aromatic nitrogens is 1. The fraction of sp³-hybridized carbons (Fsp3) is 0.222. The molecule has 0 fully saturated rings. The lowest BCUT2D eigenvalue weighted by atomic mass is 10.2. The quantitative estimate of drug-likeness (QED) is 0.747. The van der Waals surface area contributed by atoms with Gasteiger partial charge in [-0.1, -0.05) is 24.3 Å². The molecular weight excluding hydrogens is 325 g/mol. The third-order valence-electron chi connectivity index (χ3n) is 4.03. The number of thiazole rings is 1. The van der Waals surface area contributed by atoms with E-state index in [4.69, 9.17) is 0 Å². The van der Waals surface area contributed by atoms with E-state index >= 15 is 0 Å². The van der Waals surface area contributed by atoms with E-state index in [0.29, 0.717) is 6.54 Å². The smallest absolute Gasteiger partial charge is 0.282 e. The molecular formula is C18H19FN3OS+. The van der Waals surface area contributed by atoms with Gasteiger partial charge in [-0.3, -0.25) is 4.79 Å². The highest BCUT2D eigenvalue weighted by Gasteiger charge is 2.23. The summed E-state index contributed by atoms with van der Waals surface area (Å²) in [7, 11) is 1.94. The zero-order chi connectivity index (χ0) is 17.1. The van der Waals surface area contributed by atoms with Crippen LogP contribution in [0.3, 0.4) is 0 Å². The van der Waals surface area contributed by atoms with Crippen LogP contribution in [0.5, 0.6) is 0 Å². The van der Waals surface area contributed by atoms with Crippen molar-refractivity contribution in [2.75, 3.05) is 12.4 Å². The van der Waals surface area contributed by atoms with Crippen LogP contribution in [0.4, 0.5) is 10.1 Å². The highest BCUT2D eigenvalue weighted by Crippen LogP contribution is 2.20. The van der Waals surface area contributed by atoms with Gasteiger partial charge < -0.3 is 10.2 Å². The number of hydrogen-bond donors (Lipinski definition) is 2. The summed E-state index contributed by atoms with van der Waals surface area (Å²) < 4.78 is 14.8. The number of benzene rings is 2. The topological polar surface area (TPSA) is 46.4 Å². The fourth-order valence-electron chi connectivity index (χ4n) is 2.41. The van der Waals surface area contributed by atoms with Gasteiger partial charge in [0.2, 0.25) is 0 Å². The second-order valence-electron chi connectivity index (χ2n) is 5.79. The van der Waals surface area contributed by atoms with Crippen molar-refractivity contribution in [3.8, 4) is 0 Å². The molecule has 0 aliphatic heterocycles. The van der Waals surface area contributed by atoms with Crippen LogP contribution >= 0.6 is 11.3 Å². The Morgan fingerprint density at radius 3 is 2.71 bits per heavy atom. The van der Waals surface area contributed by atoms with Crippen molar-refractivity contribution in [1.82, 2.24) is 4.98 Å². The summed E-state index contributed by atoms with van der Waals surface area (Å²) >= 11 is 1.64. The van der Waals surface area contributed by atoms with Crippen LogP contribution in [0.2, 0.25) is 0 Å². The van der Waals surface area contributed by atoms with Crippen LogP contribution in [0.1, 0.15) is 11.9 Å². The number of rotatable bonds is 5. The maximum absolute atomic E-state index is 13.6. The molecule has 0 aliphatic rings. The van der Waals surface area contributed by atoms with Gasteiger partial charge in [-0.05, 0) is 31.2 Å². The number of anilines is 1. The fourth-order valence-corrected chi connectivity index (χ4v) is 3.48. The molecule has 6 heteroatoms. The first-order valence-electron chi connectivity index (χ1n) is 7.77. The molecule has 0 saturated heterocycles. The molecule has 3 rings (SSSR count). The lowest BCUT2D eigenvalue weighted by Crippen LogP contribution is -3.12. The van der Waals surface area contributed by atoms with Crippen molar-refractivity contribution in [2.45, 2.75) is 19.5 Å². The number of para-hydroxylation sites is 2. The molecule has 0 spiro atoms. The van der Waals surface area contributed by atoms with Crippen LogP contribution in [0.15, 0.2) is 48.5 Å². The molecule has 0 saturated carbocycles. The maximum Gasteiger partial charge on any atom is 0.282 e. The summed E-state index contributed by atoms with van der Waals surface area (Å²) in [6.45, 7) is 2.48. The molecule has 0 aliphatic carbocycles. The number of amides is 1. The van der Waals surface area contributed by atoms with Gasteiger partial charge in [-0.15, -0.1) is 11.3 Å². The SMILES string of the molecule is C[C@@H](C(=O)Nc1ccccc1F)[NH+](C)Cc1nc2ccccc2s1. The van der Waals surface area contributed by atoms with E-state index in [0.717, 1.165) is 20.1 Å². The number of nitrogens with zero attached hydrogens (tertiary/aromatic N) is 1. The Balaban J connectivity index is 1.66. The van der Waals surface area contributed by atoms with Crippen LogP contribution < -0.4 is 10.2 Å². The van der Waals surface area contributed by atoms with Crippen LogP contribution in [0.25, 0.3) is 10.2 Å². The Labute approximate surface area is 143 Å². The molecule has 1 amide bonds. The summed E-state index contributed by atoms with van der Waals surface area (Å²) in [5, 5.41) is 3.64. The third-order valence-corrected chi connectivity index (χ3v) is 5.07. The molecule has 24 heavy (non-hydrogen) atoms.